The summed E-state index contributed by atoms with van der Waals surface area (Å²) < 4.78 is -0.460. The minimum absolute atomic E-state index is 0.210. The fourth-order valence-corrected chi connectivity index (χ4v) is 5.60. The van der Waals surface area contributed by atoms with Crippen LogP contribution in [0.5, 0.6) is 0 Å². The normalized spacial score (nSPS) is 11.6. The zero-order valence-corrected chi connectivity index (χ0v) is 10.8. The van der Waals surface area contributed by atoms with Gasteiger partial charge in [-0.15, -0.1) is 35.3 Å². The first-order valence-corrected chi connectivity index (χ1v) is 7.30. The van der Waals surface area contributed by atoms with Crippen LogP contribution in [-0.2, 0) is 4.79 Å². The summed E-state index contributed by atoms with van der Waals surface area (Å²) in [5.74, 6) is 2.55. The molecule has 13 heavy (non-hydrogen) atoms. The molecule has 0 aliphatic heterocycles. The van der Waals surface area contributed by atoms with Crippen molar-refractivity contribution >= 4 is 41.2 Å². The van der Waals surface area contributed by atoms with E-state index < -0.39 is 3.41 Å². The van der Waals surface area contributed by atoms with E-state index in [0.717, 1.165) is 17.3 Å². The fraction of sp³-hybridized carbons (Fsp3) is 0.875. The number of hydrogen-bond donors (Lipinski definition) is 1. The summed E-state index contributed by atoms with van der Waals surface area (Å²) in [6.45, 7) is 6.15. The Bertz CT molecular complexity index is 146. The van der Waals surface area contributed by atoms with Gasteiger partial charge in [-0.3, -0.25) is 4.79 Å². The summed E-state index contributed by atoms with van der Waals surface area (Å²) in [7, 11) is 0. The second-order valence-corrected chi connectivity index (χ2v) is 7.43. The van der Waals surface area contributed by atoms with Crippen LogP contribution in [0.25, 0.3) is 0 Å². The van der Waals surface area contributed by atoms with E-state index in [1.54, 1.807) is 35.3 Å². The van der Waals surface area contributed by atoms with E-state index in [1.807, 2.05) is 0 Å². The standard InChI is InChI=1S/C8H17NOS3/c1-4-11-8(7(9)10,12-5-2)13-6-3/h4-6H2,1-3H3,(H2,9,10). The first kappa shape index (κ1) is 13.5. The lowest BCUT2D eigenvalue weighted by molar-refractivity contribution is -0.116. The molecule has 0 aromatic heterocycles. The molecule has 0 fully saturated rings. The van der Waals surface area contributed by atoms with Crippen LogP contribution >= 0.6 is 35.3 Å². The van der Waals surface area contributed by atoms with Gasteiger partial charge >= 0.3 is 0 Å². The maximum Gasteiger partial charge on any atom is 0.254 e. The van der Waals surface area contributed by atoms with E-state index in [9.17, 15) is 4.79 Å². The van der Waals surface area contributed by atoms with Crippen molar-refractivity contribution in [2.75, 3.05) is 17.3 Å². The third-order valence-electron chi connectivity index (χ3n) is 1.30. The number of carbonyl (C=O) groups excluding carboxylic acids is 1. The third-order valence-corrected chi connectivity index (χ3v) is 6.04. The Hall–Kier alpha value is 0.520. The Balaban J connectivity index is 4.48. The maximum atomic E-state index is 11.4. The van der Waals surface area contributed by atoms with E-state index in [1.165, 1.54) is 0 Å². The van der Waals surface area contributed by atoms with Gasteiger partial charge in [-0.25, -0.2) is 0 Å². The van der Waals surface area contributed by atoms with Gasteiger partial charge in [-0.1, -0.05) is 20.8 Å². The number of amides is 1. The van der Waals surface area contributed by atoms with Crippen molar-refractivity contribution in [3.63, 3.8) is 0 Å². The first-order chi connectivity index (χ1) is 6.13. The quantitative estimate of drug-likeness (QED) is 0.693. The zero-order valence-electron chi connectivity index (χ0n) is 8.33. The fourth-order valence-electron chi connectivity index (χ4n) is 0.908. The van der Waals surface area contributed by atoms with Crippen molar-refractivity contribution in [1.29, 1.82) is 0 Å². The second kappa shape index (κ2) is 6.90. The summed E-state index contributed by atoms with van der Waals surface area (Å²) in [5.41, 5.74) is 5.43. The minimum atomic E-state index is -0.460. The molecule has 0 heterocycles. The van der Waals surface area contributed by atoms with Gasteiger partial charge in [0.2, 0.25) is 0 Å². The molecule has 78 valence electrons. The van der Waals surface area contributed by atoms with Gasteiger partial charge < -0.3 is 5.73 Å². The molecule has 2 nitrogen and oxygen atoms in total. The van der Waals surface area contributed by atoms with Crippen LogP contribution in [0, 0.1) is 0 Å². The molecule has 0 rings (SSSR count). The SMILES string of the molecule is CCSC(SCC)(SCC)C(N)=O. The molecule has 0 saturated heterocycles. The zero-order chi connectivity index (χ0) is 10.3. The molecular weight excluding hydrogens is 222 g/mol. The molecule has 0 radical (unpaired) electrons. The van der Waals surface area contributed by atoms with Crippen molar-refractivity contribution in [2.45, 2.75) is 24.2 Å². The van der Waals surface area contributed by atoms with Crippen molar-refractivity contribution in [3.05, 3.63) is 0 Å². The lowest BCUT2D eigenvalue weighted by Crippen LogP contribution is -2.35. The van der Waals surface area contributed by atoms with Gasteiger partial charge in [0.15, 0.2) is 3.41 Å². The number of hydrogen-bond acceptors (Lipinski definition) is 4. The highest BCUT2D eigenvalue weighted by Crippen LogP contribution is 2.46. The van der Waals surface area contributed by atoms with Crippen molar-refractivity contribution < 1.29 is 4.79 Å². The van der Waals surface area contributed by atoms with Crippen LogP contribution in [0.4, 0.5) is 0 Å². The average Bonchev–Trinajstić information content (AvgIpc) is 2.05. The number of carbonyl (C=O) groups is 1. The predicted molar refractivity (Wildman–Crippen MR) is 66.3 cm³/mol. The molecule has 0 aromatic carbocycles. The van der Waals surface area contributed by atoms with Gasteiger partial charge in [-0.05, 0) is 17.3 Å². The summed E-state index contributed by atoms with van der Waals surface area (Å²) in [5, 5.41) is 0. The van der Waals surface area contributed by atoms with Gasteiger partial charge in [-0.2, -0.15) is 0 Å². The molecule has 5 heteroatoms. The van der Waals surface area contributed by atoms with Crippen LogP contribution in [0.3, 0.4) is 0 Å². The van der Waals surface area contributed by atoms with Crippen LogP contribution in [0.1, 0.15) is 20.8 Å². The lowest BCUT2D eigenvalue weighted by Gasteiger charge is -2.27. The van der Waals surface area contributed by atoms with Gasteiger partial charge in [0.1, 0.15) is 0 Å². The average molecular weight is 239 g/mol. The second-order valence-electron chi connectivity index (χ2n) is 2.22. The smallest absolute Gasteiger partial charge is 0.254 e. The summed E-state index contributed by atoms with van der Waals surface area (Å²) in [4.78, 5) is 11.4. The highest BCUT2D eigenvalue weighted by Gasteiger charge is 2.36. The first-order valence-electron chi connectivity index (χ1n) is 4.34. The topological polar surface area (TPSA) is 43.1 Å². The Morgan fingerprint density at radius 1 is 1.08 bits per heavy atom. The summed E-state index contributed by atoms with van der Waals surface area (Å²) >= 11 is 4.90. The maximum absolute atomic E-state index is 11.4. The van der Waals surface area contributed by atoms with Crippen molar-refractivity contribution in [3.8, 4) is 0 Å². The van der Waals surface area contributed by atoms with Crippen LogP contribution < -0.4 is 5.73 Å². The summed E-state index contributed by atoms with van der Waals surface area (Å²) in [6.07, 6.45) is 0. The van der Waals surface area contributed by atoms with E-state index >= 15 is 0 Å². The summed E-state index contributed by atoms with van der Waals surface area (Å²) in [6, 6.07) is 0. The molecule has 0 bridgehead atoms. The molecule has 0 spiro atoms. The number of rotatable bonds is 7. The monoisotopic (exact) mass is 239 g/mol. The van der Waals surface area contributed by atoms with Crippen molar-refractivity contribution in [2.24, 2.45) is 5.73 Å². The number of primary amides is 1. The third kappa shape index (κ3) is 4.04. The predicted octanol–water partition coefficient (Wildman–Crippen LogP) is 2.38. The van der Waals surface area contributed by atoms with Gasteiger partial charge in [0.25, 0.3) is 5.91 Å². The van der Waals surface area contributed by atoms with E-state index in [2.05, 4.69) is 20.8 Å². The molecule has 0 saturated carbocycles. The highest BCUT2D eigenvalue weighted by molar-refractivity contribution is 8.35. The molecule has 1 amide bonds. The van der Waals surface area contributed by atoms with Gasteiger partial charge in [0.05, 0.1) is 0 Å². The molecule has 0 atom stereocenters. The Kier molecular flexibility index (Phi) is 7.17. The molecule has 0 unspecified atom stereocenters. The van der Waals surface area contributed by atoms with E-state index in [0.29, 0.717) is 0 Å². The van der Waals surface area contributed by atoms with E-state index in [-0.39, 0.29) is 5.91 Å². The number of nitrogens with two attached hydrogens (primary N) is 1. The number of thioether (sulfide) groups is 3. The molecular formula is C8H17NOS3. The van der Waals surface area contributed by atoms with Crippen LogP contribution in [-0.4, -0.2) is 26.6 Å². The Morgan fingerprint density at radius 2 is 1.38 bits per heavy atom. The van der Waals surface area contributed by atoms with Crippen LogP contribution in [0.15, 0.2) is 0 Å². The molecule has 0 aliphatic rings. The molecule has 2 N–H and O–H groups in total. The Morgan fingerprint density at radius 3 is 1.54 bits per heavy atom. The lowest BCUT2D eigenvalue weighted by atomic mass is 10.7. The molecule has 0 aliphatic carbocycles. The highest BCUT2D eigenvalue weighted by atomic mass is 32.3. The van der Waals surface area contributed by atoms with Gasteiger partial charge in [0, 0.05) is 0 Å². The van der Waals surface area contributed by atoms with Crippen LogP contribution in [0.2, 0.25) is 0 Å². The largest absolute Gasteiger partial charge is 0.367 e. The molecule has 0 aromatic rings. The minimum Gasteiger partial charge on any atom is -0.367 e. The Labute approximate surface area is 93.2 Å². The van der Waals surface area contributed by atoms with E-state index in [4.69, 9.17) is 5.73 Å². The van der Waals surface area contributed by atoms with Crippen molar-refractivity contribution in [1.82, 2.24) is 0 Å².